The number of benzene rings is 2. The Labute approximate surface area is 132 Å². The Hall–Kier alpha value is -1.82. The van der Waals surface area contributed by atoms with Crippen LogP contribution in [0.2, 0.25) is 0 Å². The predicted molar refractivity (Wildman–Crippen MR) is 83.8 cm³/mol. The molecule has 2 aliphatic rings. The van der Waals surface area contributed by atoms with Crippen LogP contribution >= 0.6 is 11.8 Å². The first-order valence-electron chi connectivity index (χ1n) is 7.25. The van der Waals surface area contributed by atoms with E-state index in [1.807, 2.05) is 36.4 Å². The van der Waals surface area contributed by atoms with Crippen molar-refractivity contribution in [3.8, 4) is 0 Å². The van der Waals surface area contributed by atoms with E-state index in [-0.39, 0.29) is 5.91 Å². The van der Waals surface area contributed by atoms with Crippen LogP contribution in [0.1, 0.15) is 12.0 Å². The molecule has 0 aliphatic carbocycles. The standard InChI is InChI=1S/C17H15NO3S/c19-16-17(20-9-4-10-21-17)14-11-13(7-8-15(14)18-16)22-12-5-2-1-3-6-12/h1-3,5-8,11H,4,9-10H2,(H,18,19). The quantitative estimate of drug-likeness (QED) is 0.923. The van der Waals surface area contributed by atoms with Gasteiger partial charge in [-0.1, -0.05) is 30.0 Å². The van der Waals surface area contributed by atoms with Crippen LogP contribution in [0.5, 0.6) is 0 Å². The molecule has 1 amide bonds. The number of hydrogen-bond donors (Lipinski definition) is 1. The molecular weight excluding hydrogens is 298 g/mol. The highest BCUT2D eigenvalue weighted by atomic mass is 32.2. The minimum Gasteiger partial charge on any atom is -0.338 e. The van der Waals surface area contributed by atoms with Crippen molar-refractivity contribution in [2.45, 2.75) is 22.0 Å². The van der Waals surface area contributed by atoms with Gasteiger partial charge in [0.1, 0.15) is 0 Å². The first kappa shape index (κ1) is 13.8. The molecule has 5 heteroatoms. The van der Waals surface area contributed by atoms with E-state index in [4.69, 9.17) is 9.47 Å². The molecule has 2 aromatic carbocycles. The molecule has 0 radical (unpaired) electrons. The summed E-state index contributed by atoms with van der Waals surface area (Å²) in [6.07, 6.45) is 0.808. The third kappa shape index (κ3) is 2.22. The lowest BCUT2D eigenvalue weighted by Crippen LogP contribution is -2.43. The number of carbonyl (C=O) groups is 1. The largest absolute Gasteiger partial charge is 0.338 e. The van der Waals surface area contributed by atoms with Gasteiger partial charge in [0, 0.05) is 15.4 Å². The molecule has 22 heavy (non-hydrogen) atoms. The minimum absolute atomic E-state index is 0.232. The number of fused-ring (bicyclic) bond motifs is 2. The monoisotopic (exact) mass is 313 g/mol. The van der Waals surface area contributed by atoms with Crippen LogP contribution in [-0.2, 0) is 20.1 Å². The molecule has 0 atom stereocenters. The first-order chi connectivity index (χ1) is 10.8. The van der Waals surface area contributed by atoms with E-state index in [1.54, 1.807) is 11.8 Å². The van der Waals surface area contributed by atoms with Gasteiger partial charge in [-0.25, -0.2) is 0 Å². The van der Waals surface area contributed by atoms with Gasteiger partial charge in [-0.05, 0) is 36.8 Å². The molecule has 1 N–H and O–H groups in total. The molecular formula is C17H15NO3S. The fraction of sp³-hybridized carbons (Fsp3) is 0.235. The molecule has 2 heterocycles. The normalized spacial score (nSPS) is 19.0. The average Bonchev–Trinajstić information content (AvgIpc) is 2.82. The van der Waals surface area contributed by atoms with Crippen molar-refractivity contribution in [1.82, 2.24) is 0 Å². The minimum atomic E-state index is -1.26. The van der Waals surface area contributed by atoms with Gasteiger partial charge in [0.15, 0.2) is 0 Å². The SMILES string of the molecule is O=C1Nc2ccc(Sc3ccccc3)cc2C12OCCCO2. The maximum absolute atomic E-state index is 12.3. The van der Waals surface area contributed by atoms with Gasteiger partial charge >= 0.3 is 0 Å². The van der Waals surface area contributed by atoms with Crippen LogP contribution in [0, 0.1) is 0 Å². The third-order valence-electron chi connectivity index (χ3n) is 3.77. The average molecular weight is 313 g/mol. The summed E-state index contributed by atoms with van der Waals surface area (Å²) in [4.78, 5) is 14.5. The van der Waals surface area contributed by atoms with Crippen LogP contribution in [0.15, 0.2) is 58.3 Å². The van der Waals surface area contributed by atoms with E-state index in [0.29, 0.717) is 13.2 Å². The summed E-state index contributed by atoms with van der Waals surface area (Å²) in [5.41, 5.74) is 1.54. The second-order valence-electron chi connectivity index (χ2n) is 5.24. The Morgan fingerprint density at radius 2 is 1.77 bits per heavy atom. The zero-order chi connectivity index (χ0) is 15.0. The van der Waals surface area contributed by atoms with Crippen LogP contribution < -0.4 is 5.32 Å². The number of hydrogen-bond acceptors (Lipinski definition) is 4. The van der Waals surface area contributed by atoms with Crippen molar-refractivity contribution in [3.63, 3.8) is 0 Å². The van der Waals surface area contributed by atoms with Gasteiger partial charge in [-0.15, -0.1) is 0 Å². The molecule has 4 rings (SSSR count). The second kappa shape index (κ2) is 5.43. The Balaban J connectivity index is 1.70. The fourth-order valence-electron chi connectivity index (χ4n) is 2.74. The van der Waals surface area contributed by atoms with Crippen molar-refractivity contribution in [1.29, 1.82) is 0 Å². The van der Waals surface area contributed by atoms with E-state index in [0.717, 1.165) is 27.5 Å². The lowest BCUT2D eigenvalue weighted by molar-refractivity contribution is -0.255. The van der Waals surface area contributed by atoms with E-state index in [9.17, 15) is 4.79 Å². The van der Waals surface area contributed by atoms with Gasteiger partial charge in [-0.3, -0.25) is 4.79 Å². The van der Waals surface area contributed by atoms with Gasteiger partial charge in [0.05, 0.1) is 18.9 Å². The van der Waals surface area contributed by atoms with Crippen molar-refractivity contribution in [2.24, 2.45) is 0 Å². The van der Waals surface area contributed by atoms with Crippen molar-refractivity contribution in [2.75, 3.05) is 18.5 Å². The number of carbonyl (C=O) groups excluding carboxylic acids is 1. The summed E-state index contributed by atoms with van der Waals surface area (Å²) in [6.45, 7) is 1.06. The predicted octanol–water partition coefficient (Wildman–Crippen LogP) is 3.38. The zero-order valence-corrected chi connectivity index (χ0v) is 12.7. The molecule has 2 aliphatic heterocycles. The van der Waals surface area contributed by atoms with Crippen LogP contribution in [0.4, 0.5) is 5.69 Å². The fourth-order valence-corrected chi connectivity index (χ4v) is 3.62. The summed E-state index contributed by atoms with van der Waals surface area (Å²) in [5.74, 6) is -1.50. The summed E-state index contributed by atoms with van der Waals surface area (Å²) in [6, 6.07) is 16.0. The van der Waals surface area contributed by atoms with Crippen molar-refractivity contribution >= 4 is 23.4 Å². The van der Waals surface area contributed by atoms with Crippen molar-refractivity contribution in [3.05, 3.63) is 54.1 Å². The van der Waals surface area contributed by atoms with Gasteiger partial charge in [0.2, 0.25) is 0 Å². The number of ether oxygens (including phenoxy) is 2. The molecule has 4 nitrogen and oxygen atoms in total. The molecule has 1 fully saturated rings. The summed E-state index contributed by atoms with van der Waals surface area (Å²) < 4.78 is 11.5. The van der Waals surface area contributed by atoms with Gasteiger partial charge < -0.3 is 14.8 Å². The molecule has 0 bridgehead atoms. The molecule has 112 valence electrons. The maximum Gasteiger partial charge on any atom is 0.289 e. The second-order valence-corrected chi connectivity index (χ2v) is 6.39. The Kier molecular flexibility index (Phi) is 3.41. The van der Waals surface area contributed by atoms with E-state index >= 15 is 0 Å². The topological polar surface area (TPSA) is 47.6 Å². The maximum atomic E-state index is 12.3. The highest BCUT2D eigenvalue weighted by molar-refractivity contribution is 7.99. The highest BCUT2D eigenvalue weighted by Crippen LogP contribution is 2.43. The molecule has 0 aromatic heterocycles. The number of anilines is 1. The van der Waals surface area contributed by atoms with Gasteiger partial charge in [0.25, 0.3) is 11.7 Å². The highest BCUT2D eigenvalue weighted by Gasteiger charge is 2.51. The molecule has 1 saturated heterocycles. The summed E-state index contributed by atoms with van der Waals surface area (Å²) >= 11 is 1.65. The number of rotatable bonds is 2. The Morgan fingerprint density at radius 3 is 2.55 bits per heavy atom. The first-order valence-corrected chi connectivity index (χ1v) is 8.06. The molecule has 1 spiro atoms. The third-order valence-corrected chi connectivity index (χ3v) is 4.77. The number of nitrogens with one attached hydrogen (secondary N) is 1. The van der Waals surface area contributed by atoms with Gasteiger partial charge in [-0.2, -0.15) is 0 Å². The van der Waals surface area contributed by atoms with E-state index in [2.05, 4.69) is 17.4 Å². The Bertz CT molecular complexity index is 711. The summed E-state index contributed by atoms with van der Waals surface area (Å²) in [7, 11) is 0. The molecule has 0 unspecified atom stereocenters. The lowest BCUT2D eigenvalue weighted by Gasteiger charge is -2.31. The van der Waals surface area contributed by atoms with Crippen molar-refractivity contribution < 1.29 is 14.3 Å². The lowest BCUT2D eigenvalue weighted by atomic mass is 10.1. The van der Waals surface area contributed by atoms with Crippen LogP contribution in [0.3, 0.4) is 0 Å². The summed E-state index contributed by atoms with van der Waals surface area (Å²) in [5, 5.41) is 2.85. The van der Waals surface area contributed by atoms with Crippen LogP contribution in [-0.4, -0.2) is 19.1 Å². The van der Waals surface area contributed by atoms with Crippen LogP contribution in [0.25, 0.3) is 0 Å². The van der Waals surface area contributed by atoms with E-state index in [1.165, 1.54) is 0 Å². The zero-order valence-electron chi connectivity index (χ0n) is 11.9. The number of amides is 1. The van der Waals surface area contributed by atoms with E-state index < -0.39 is 5.79 Å². The Morgan fingerprint density at radius 1 is 1.00 bits per heavy atom. The smallest absolute Gasteiger partial charge is 0.289 e. The molecule has 0 saturated carbocycles. The molecule has 2 aromatic rings.